The number of carboxylic acid groups (broad SMARTS) is 1. The van der Waals surface area contributed by atoms with Gasteiger partial charge in [-0.15, -0.1) is 0 Å². The molecule has 7 heteroatoms. The van der Waals surface area contributed by atoms with E-state index in [9.17, 15) is 14.4 Å². The topological polar surface area (TPSA) is 103 Å². The number of fused-ring (bicyclic) bond motifs is 1. The zero-order valence-electron chi connectivity index (χ0n) is 9.57. The fourth-order valence-electron chi connectivity index (χ4n) is 2.21. The van der Waals surface area contributed by atoms with Gasteiger partial charge in [-0.25, -0.2) is 4.79 Å². The van der Waals surface area contributed by atoms with E-state index >= 15 is 0 Å². The third kappa shape index (κ3) is 1.94. The predicted octanol–water partition coefficient (Wildman–Crippen LogP) is 1.41. The Hall–Kier alpha value is -2.08. The number of hydrogen-bond donors (Lipinski definition) is 3. The van der Waals surface area contributed by atoms with Crippen LogP contribution in [0.3, 0.4) is 0 Å². The number of Topliss-reactive ketones (excluding diaryl/α,β-unsaturated/α-hetero) is 1. The molecule has 0 aliphatic heterocycles. The van der Waals surface area contributed by atoms with E-state index in [2.05, 4.69) is 9.97 Å². The van der Waals surface area contributed by atoms with Crippen LogP contribution in [0.4, 0.5) is 0 Å². The van der Waals surface area contributed by atoms with Crippen molar-refractivity contribution in [3.05, 3.63) is 33.2 Å². The van der Waals surface area contributed by atoms with Crippen molar-refractivity contribution in [3.63, 3.8) is 0 Å². The highest BCUT2D eigenvalue weighted by Gasteiger charge is 2.48. The number of hydrogen-bond acceptors (Lipinski definition) is 3. The molecule has 3 rings (SSSR count). The minimum Gasteiger partial charge on any atom is -0.481 e. The number of nitrogens with one attached hydrogen (secondary N) is 2. The molecule has 1 heterocycles. The number of H-pyrrole nitrogens is 2. The van der Waals surface area contributed by atoms with Crippen molar-refractivity contribution >= 4 is 34.4 Å². The Kier molecular flexibility index (Phi) is 2.50. The Morgan fingerprint density at radius 3 is 2.63 bits per heavy atom. The summed E-state index contributed by atoms with van der Waals surface area (Å²) in [6.07, 6.45) is 0.355. The first kappa shape index (κ1) is 12.0. The lowest BCUT2D eigenvalue weighted by molar-refractivity contribution is -0.138. The molecule has 1 aliphatic carbocycles. The Morgan fingerprint density at radius 2 is 2.00 bits per heavy atom. The van der Waals surface area contributed by atoms with Crippen LogP contribution >= 0.6 is 11.6 Å². The molecule has 19 heavy (non-hydrogen) atoms. The smallest absolute Gasteiger partial charge is 0.323 e. The number of benzene rings is 1. The second kappa shape index (κ2) is 3.96. The van der Waals surface area contributed by atoms with Gasteiger partial charge < -0.3 is 15.1 Å². The van der Waals surface area contributed by atoms with Gasteiger partial charge in [-0.2, -0.15) is 0 Å². The summed E-state index contributed by atoms with van der Waals surface area (Å²) in [6, 6.07) is 2.96. The van der Waals surface area contributed by atoms with Crippen LogP contribution in [0.5, 0.6) is 0 Å². The minimum atomic E-state index is -0.958. The maximum absolute atomic E-state index is 12.1. The van der Waals surface area contributed by atoms with Gasteiger partial charge in [0.2, 0.25) is 0 Å². The molecule has 0 amide bonds. The van der Waals surface area contributed by atoms with Gasteiger partial charge >= 0.3 is 11.7 Å². The molecule has 2 aromatic rings. The van der Waals surface area contributed by atoms with E-state index in [-0.39, 0.29) is 10.8 Å². The van der Waals surface area contributed by atoms with Crippen LogP contribution in [0.1, 0.15) is 16.8 Å². The summed E-state index contributed by atoms with van der Waals surface area (Å²) >= 11 is 5.98. The monoisotopic (exact) mass is 280 g/mol. The second-order valence-electron chi connectivity index (χ2n) is 4.61. The lowest BCUT2D eigenvalue weighted by atomic mass is 10.1. The first-order valence-electron chi connectivity index (χ1n) is 5.66. The van der Waals surface area contributed by atoms with E-state index in [0.29, 0.717) is 23.0 Å². The third-order valence-electron chi connectivity index (χ3n) is 3.31. The van der Waals surface area contributed by atoms with Gasteiger partial charge in [-0.3, -0.25) is 9.59 Å². The average molecular weight is 281 g/mol. The molecule has 6 nitrogen and oxygen atoms in total. The quantitative estimate of drug-likeness (QED) is 0.740. The lowest BCUT2D eigenvalue weighted by Gasteiger charge is -2.01. The van der Waals surface area contributed by atoms with Crippen LogP contribution in [-0.2, 0) is 4.79 Å². The van der Waals surface area contributed by atoms with Crippen LogP contribution in [0.2, 0.25) is 5.02 Å². The fourth-order valence-corrected chi connectivity index (χ4v) is 2.48. The van der Waals surface area contributed by atoms with E-state index in [1.165, 1.54) is 12.1 Å². The van der Waals surface area contributed by atoms with Gasteiger partial charge in [0.1, 0.15) is 0 Å². The number of ketones is 1. The van der Waals surface area contributed by atoms with Crippen LogP contribution < -0.4 is 5.69 Å². The Bertz CT molecular complexity index is 761. The molecule has 1 aromatic heterocycles. The summed E-state index contributed by atoms with van der Waals surface area (Å²) in [5, 5.41) is 9.07. The molecule has 2 unspecified atom stereocenters. The number of halogens is 1. The molecule has 0 radical (unpaired) electrons. The third-order valence-corrected chi connectivity index (χ3v) is 3.60. The summed E-state index contributed by atoms with van der Waals surface area (Å²) in [5.74, 6) is -2.30. The minimum absolute atomic E-state index is 0.252. The zero-order valence-corrected chi connectivity index (χ0v) is 10.3. The van der Waals surface area contributed by atoms with Crippen LogP contribution in [-0.4, -0.2) is 26.8 Å². The van der Waals surface area contributed by atoms with Crippen LogP contribution in [0, 0.1) is 11.8 Å². The van der Waals surface area contributed by atoms with E-state index in [4.69, 9.17) is 16.7 Å². The summed E-state index contributed by atoms with van der Waals surface area (Å²) in [5.41, 5.74) is 0.792. The van der Waals surface area contributed by atoms with Crippen molar-refractivity contribution in [2.75, 3.05) is 0 Å². The number of aromatic nitrogens is 2. The maximum atomic E-state index is 12.1. The first-order valence-corrected chi connectivity index (χ1v) is 6.03. The normalized spacial score (nSPS) is 21.5. The molecule has 1 aliphatic rings. The number of carboxylic acids is 1. The van der Waals surface area contributed by atoms with Gasteiger partial charge in [0.25, 0.3) is 0 Å². The second-order valence-corrected chi connectivity index (χ2v) is 5.02. The molecule has 1 fully saturated rings. The lowest BCUT2D eigenvalue weighted by Crippen LogP contribution is -2.08. The predicted molar refractivity (Wildman–Crippen MR) is 67.5 cm³/mol. The van der Waals surface area contributed by atoms with E-state index in [1.54, 1.807) is 0 Å². The zero-order chi connectivity index (χ0) is 13.7. The molecule has 0 bridgehead atoms. The van der Waals surface area contributed by atoms with Gasteiger partial charge in [0.15, 0.2) is 5.78 Å². The molecule has 0 saturated heterocycles. The molecule has 1 aromatic carbocycles. The van der Waals surface area contributed by atoms with E-state index in [1.807, 2.05) is 0 Å². The van der Waals surface area contributed by atoms with Crippen molar-refractivity contribution in [1.82, 2.24) is 9.97 Å². The molecular weight excluding hydrogens is 272 g/mol. The van der Waals surface area contributed by atoms with Crippen molar-refractivity contribution in [2.45, 2.75) is 6.42 Å². The van der Waals surface area contributed by atoms with Crippen molar-refractivity contribution < 1.29 is 14.7 Å². The standard InChI is InChI=1S/C12H9ClN2O4/c13-7-1-4(2-8-9(7)15-12(19)14-8)10(16)5-3-6(5)11(17)18/h1-2,5-6H,3H2,(H,17,18)(H2,14,15,19). The van der Waals surface area contributed by atoms with Gasteiger partial charge in [0.05, 0.1) is 22.0 Å². The number of imidazole rings is 1. The number of aromatic amines is 2. The number of aliphatic carboxylic acids is 1. The highest BCUT2D eigenvalue weighted by atomic mass is 35.5. The van der Waals surface area contributed by atoms with E-state index in [0.717, 1.165) is 0 Å². The largest absolute Gasteiger partial charge is 0.481 e. The number of carbonyl (C=O) groups is 2. The van der Waals surface area contributed by atoms with Crippen LogP contribution in [0.25, 0.3) is 11.0 Å². The molecular formula is C12H9ClN2O4. The SMILES string of the molecule is O=C(O)C1CC1C(=O)c1cc(Cl)c2[nH]c(=O)[nH]c2c1. The Morgan fingerprint density at radius 1 is 1.26 bits per heavy atom. The molecule has 0 spiro atoms. The molecule has 2 atom stereocenters. The van der Waals surface area contributed by atoms with Gasteiger partial charge in [-0.05, 0) is 18.6 Å². The Labute approximate surface area is 111 Å². The average Bonchev–Trinajstić information content (AvgIpc) is 3.05. The number of rotatable bonds is 3. The highest BCUT2D eigenvalue weighted by molar-refractivity contribution is 6.35. The van der Waals surface area contributed by atoms with Crippen molar-refractivity contribution in [3.8, 4) is 0 Å². The summed E-state index contributed by atoms with van der Waals surface area (Å²) in [6.45, 7) is 0. The van der Waals surface area contributed by atoms with Gasteiger partial charge in [-0.1, -0.05) is 11.6 Å². The summed E-state index contributed by atoms with van der Waals surface area (Å²) in [4.78, 5) is 39.1. The number of carbonyl (C=O) groups excluding carboxylic acids is 1. The maximum Gasteiger partial charge on any atom is 0.323 e. The van der Waals surface area contributed by atoms with Crippen molar-refractivity contribution in [2.24, 2.45) is 11.8 Å². The first-order chi connectivity index (χ1) is 8.97. The molecule has 1 saturated carbocycles. The van der Waals surface area contributed by atoms with E-state index < -0.39 is 23.5 Å². The summed E-state index contributed by atoms with van der Waals surface area (Å²) < 4.78 is 0. The molecule has 98 valence electrons. The fraction of sp³-hybridized carbons (Fsp3) is 0.250. The summed E-state index contributed by atoms with van der Waals surface area (Å²) in [7, 11) is 0. The molecule has 3 N–H and O–H groups in total. The van der Waals surface area contributed by atoms with Gasteiger partial charge in [0, 0.05) is 11.5 Å². The highest BCUT2D eigenvalue weighted by Crippen LogP contribution is 2.41. The van der Waals surface area contributed by atoms with Crippen molar-refractivity contribution in [1.29, 1.82) is 0 Å². The van der Waals surface area contributed by atoms with Crippen LogP contribution in [0.15, 0.2) is 16.9 Å². The Balaban J connectivity index is 2.00.